The quantitative estimate of drug-likeness (QED) is 0.581. The van der Waals surface area contributed by atoms with E-state index in [1.807, 2.05) is 0 Å². The van der Waals surface area contributed by atoms with E-state index in [9.17, 15) is 0 Å². The fraction of sp³-hybridized carbons (Fsp3) is 0.750. The summed E-state index contributed by atoms with van der Waals surface area (Å²) in [6.45, 7) is 6.10. The molecular weight excluding hydrogens is 410 g/mol. The van der Waals surface area contributed by atoms with Crippen molar-refractivity contribution in [3.63, 3.8) is 0 Å². The molecule has 2 aliphatic heterocycles. The minimum atomic E-state index is 0.513. The standard InChI is InChI=1S/C28H41N3S/c32-27-29-19-26(15-21-4-2-1-3-5-21)31(27)20-22-6-9-30(10-7-22)11-8-28-16-23-12-24(17-28)14-25(13-23)18-28/h1-5,22-26H,6-20H2,(H,29,32)/t23?,24?,25?,26-,28?/m0/s1. The Bertz CT molecular complexity index is 765. The molecule has 2 saturated heterocycles. The van der Waals surface area contributed by atoms with Crippen LogP contribution < -0.4 is 5.32 Å². The van der Waals surface area contributed by atoms with Crippen LogP contribution in [-0.4, -0.2) is 53.7 Å². The van der Waals surface area contributed by atoms with Crippen molar-refractivity contribution in [3.8, 4) is 0 Å². The monoisotopic (exact) mass is 451 g/mol. The maximum Gasteiger partial charge on any atom is 0.169 e. The van der Waals surface area contributed by atoms with Crippen molar-refractivity contribution < 1.29 is 0 Å². The molecule has 3 nitrogen and oxygen atoms in total. The molecule has 1 atom stereocenters. The van der Waals surface area contributed by atoms with Crippen LogP contribution in [0.1, 0.15) is 63.4 Å². The molecule has 1 aromatic carbocycles. The first-order valence-corrected chi connectivity index (χ1v) is 13.9. The molecule has 0 radical (unpaired) electrons. The van der Waals surface area contributed by atoms with Gasteiger partial charge in [0.15, 0.2) is 5.11 Å². The van der Waals surface area contributed by atoms with Gasteiger partial charge in [-0.2, -0.15) is 0 Å². The Labute approximate surface area is 200 Å². The number of rotatable bonds is 7. The Kier molecular flexibility index (Phi) is 5.96. The van der Waals surface area contributed by atoms with Crippen LogP contribution in [0.4, 0.5) is 0 Å². The summed E-state index contributed by atoms with van der Waals surface area (Å²) in [5.74, 6) is 4.07. The van der Waals surface area contributed by atoms with Crippen LogP contribution in [0.25, 0.3) is 0 Å². The summed E-state index contributed by atoms with van der Waals surface area (Å²) >= 11 is 5.70. The van der Waals surface area contributed by atoms with Gasteiger partial charge in [-0.1, -0.05) is 30.3 Å². The van der Waals surface area contributed by atoms with E-state index in [0.717, 1.165) is 53.7 Å². The summed E-state index contributed by atoms with van der Waals surface area (Å²) in [7, 11) is 0. The molecule has 4 aliphatic carbocycles. The van der Waals surface area contributed by atoms with Crippen LogP contribution in [0.2, 0.25) is 0 Å². The molecule has 2 heterocycles. The van der Waals surface area contributed by atoms with Gasteiger partial charge in [0.05, 0.1) is 6.04 Å². The summed E-state index contributed by atoms with van der Waals surface area (Å²) in [5, 5.41) is 4.45. The van der Waals surface area contributed by atoms with Gasteiger partial charge >= 0.3 is 0 Å². The molecule has 4 heteroatoms. The molecule has 6 aliphatic rings. The highest BCUT2D eigenvalue weighted by molar-refractivity contribution is 7.80. The SMILES string of the molecule is S=C1NC[C@H](Cc2ccccc2)N1CC1CCN(CCC23CC4CC(CC(C4)C2)C3)CC1. The Morgan fingerprint density at radius 2 is 1.59 bits per heavy atom. The van der Waals surface area contributed by atoms with E-state index >= 15 is 0 Å². The van der Waals surface area contributed by atoms with Crippen LogP contribution in [0.3, 0.4) is 0 Å². The lowest BCUT2D eigenvalue weighted by Crippen LogP contribution is -2.48. The molecule has 1 aromatic rings. The average molecular weight is 452 g/mol. The second kappa shape index (κ2) is 8.91. The number of benzene rings is 1. The molecule has 0 amide bonds. The van der Waals surface area contributed by atoms with E-state index < -0.39 is 0 Å². The fourth-order valence-corrected chi connectivity index (χ4v) is 8.85. The van der Waals surface area contributed by atoms with Crippen molar-refractivity contribution >= 4 is 17.3 Å². The molecule has 32 heavy (non-hydrogen) atoms. The first-order chi connectivity index (χ1) is 15.6. The summed E-state index contributed by atoms with van der Waals surface area (Å²) in [6.07, 6.45) is 14.7. The van der Waals surface area contributed by atoms with Crippen LogP contribution in [0.5, 0.6) is 0 Å². The van der Waals surface area contributed by atoms with Crippen molar-refractivity contribution in [2.45, 2.75) is 70.3 Å². The molecule has 7 rings (SSSR count). The third-order valence-electron chi connectivity index (χ3n) is 9.79. The molecule has 174 valence electrons. The van der Waals surface area contributed by atoms with E-state index in [1.54, 1.807) is 38.5 Å². The molecule has 0 unspecified atom stereocenters. The number of piperidine rings is 1. The maximum atomic E-state index is 5.70. The van der Waals surface area contributed by atoms with Gasteiger partial charge in [-0.15, -0.1) is 0 Å². The van der Waals surface area contributed by atoms with Gasteiger partial charge in [-0.3, -0.25) is 0 Å². The largest absolute Gasteiger partial charge is 0.360 e. The molecule has 0 spiro atoms. The number of hydrogen-bond acceptors (Lipinski definition) is 2. The number of thiocarbonyl (C=S) groups is 1. The number of likely N-dealkylation sites (tertiary alicyclic amines) is 1. The van der Waals surface area contributed by atoms with Crippen LogP contribution in [0.15, 0.2) is 30.3 Å². The Morgan fingerprint density at radius 3 is 2.25 bits per heavy atom. The topological polar surface area (TPSA) is 18.5 Å². The summed E-state index contributed by atoms with van der Waals surface area (Å²) in [4.78, 5) is 5.31. The van der Waals surface area contributed by atoms with Crippen LogP contribution in [0, 0.1) is 29.1 Å². The van der Waals surface area contributed by atoms with Gasteiger partial charge in [0.1, 0.15) is 0 Å². The molecular formula is C28H41N3S. The minimum absolute atomic E-state index is 0.513. The van der Waals surface area contributed by atoms with Crippen molar-refractivity contribution in [3.05, 3.63) is 35.9 Å². The first kappa shape index (κ1) is 21.4. The maximum absolute atomic E-state index is 5.70. The van der Waals surface area contributed by atoms with E-state index in [2.05, 4.69) is 45.4 Å². The molecule has 4 bridgehead atoms. The van der Waals surface area contributed by atoms with E-state index in [1.165, 1.54) is 44.5 Å². The van der Waals surface area contributed by atoms with Gasteiger partial charge in [0.25, 0.3) is 0 Å². The van der Waals surface area contributed by atoms with E-state index in [4.69, 9.17) is 12.2 Å². The second-order valence-corrected chi connectivity index (χ2v) is 12.5. The fourth-order valence-electron chi connectivity index (χ4n) is 8.55. The van der Waals surface area contributed by atoms with Gasteiger partial charge in [0, 0.05) is 13.1 Å². The van der Waals surface area contributed by atoms with Crippen molar-refractivity contribution in [2.24, 2.45) is 29.1 Å². The number of nitrogens with zero attached hydrogens (tertiary/aromatic N) is 2. The predicted molar refractivity (Wildman–Crippen MR) is 136 cm³/mol. The molecule has 6 fully saturated rings. The second-order valence-electron chi connectivity index (χ2n) is 12.1. The van der Waals surface area contributed by atoms with Crippen LogP contribution >= 0.6 is 12.2 Å². The van der Waals surface area contributed by atoms with Gasteiger partial charge < -0.3 is 15.1 Å². The first-order valence-electron chi connectivity index (χ1n) is 13.4. The highest BCUT2D eigenvalue weighted by Gasteiger charge is 2.50. The van der Waals surface area contributed by atoms with Crippen LogP contribution in [-0.2, 0) is 6.42 Å². The summed E-state index contributed by atoms with van der Waals surface area (Å²) in [5.41, 5.74) is 2.16. The minimum Gasteiger partial charge on any atom is -0.360 e. The van der Waals surface area contributed by atoms with E-state index in [0.29, 0.717) is 6.04 Å². The zero-order chi connectivity index (χ0) is 21.5. The van der Waals surface area contributed by atoms with Crippen molar-refractivity contribution in [1.29, 1.82) is 0 Å². The van der Waals surface area contributed by atoms with E-state index in [-0.39, 0.29) is 0 Å². The highest BCUT2D eigenvalue weighted by atomic mass is 32.1. The number of nitrogens with one attached hydrogen (secondary N) is 1. The lowest BCUT2D eigenvalue weighted by molar-refractivity contribution is -0.0619. The average Bonchev–Trinajstić information content (AvgIpc) is 3.12. The lowest BCUT2D eigenvalue weighted by atomic mass is 9.49. The normalized spacial score (nSPS) is 37.2. The smallest absolute Gasteiger partial charge is 0.169 e. The molecule has 0 aromatic heterocycles. The third kappa shape index (κ3) is 4.46. The Morgan fingerprint density at radius 1 is 0.938 bits per heavy atom. The Hall–Kier alpha value is -1.13. The molecule has 4 saturated carbocycles. The van der Waals surface area contributed by atoms with Gasteiger partial charge in [-0.05, 0) is 131 Å². The summed E-state index contributed by atoms with van der Waals surface area (Å²) in [6, 6.07) is 11.4. The van der Waals surface area contributed by atoms with Crippen molar-refractivity contribution in [2.75, 3.05) is 32.7 Å². The highest BCUT2D eigenvalue weighted by Crippen LogP contribution is 2.61. The zero-order valence-corrected chi connectivity index (χ0v) is 20.5. The lowest BCUT2D eigenvalue weighted by Gasteiger charge is -2.57. The third-order valence-corrected chi connectivity index (χ3v) is 10.2. The zero-order valence-electron chi connectivity index (χ0n) is 19.7. The summed E-state index contributed by atoms with van der Waals surface area (Å²) < 4.78 is 0. The van der Waals surface area contributed by atoms with Crippen molar-refractivity contribution in [1.82, 2.24) is 15.1 Å². The van der Waals surface area contributed by atoms with Gasteiger partial charge in [0.2, 0.25) is 0 Å². The number of hydrogen-bond donors (Lipinski definition) is 1. The predicted octanol–water partition coefficient (Wildman–Crippen LogP) is 5.11. The molecule has 1 N–H and O–H groups in total. The van der Waals surface area contributed by atoms with Gasteiger partial charge in [-0.25, -0.2) is 0 Å². The Balaban J connectivity index is 0.981.